The van der Waals surface area contributed by atoms with E-state index < -0.39 is 18.1 Å². The first-order valence-corrected chi connectivity index (χ1v) is 12.4. The van der Waals surface area contributed by atoms with E-state index in [-0.39, 0.29) is 23.5 Å². The Hall–Kier alpha value is -1.53. The predicted molar refractivity (Wildman–Crippen MR) is 129 cm³/mol. The van der Waals surface area contributed by atoms with E-state index in [0.717, 1.165) is 19.3 Å². The number of nitrogens with one attached hydrogen (secondary N) is 2. The Morgan fingerprint density at radius 3 is 2.39 bits per heavy atom. The summed E-state index contributed by atoms with van der Waals surface area (Å²) in [5.41, 5.74) is 1.17. The summed E-state index contributed by atoms with van der Waals surface area (Å²) < 4.78 is 0. The second-order valence-corrected chi connectivity index (χ2v) is 9.68. The van der Waals surface area contributed by atoms with Crippen LogP contribution in [0.15, 0.2) is 30.3 Å². The molecule has 174 valence electrons. The molecule has 6 heteroatoms. The van der Waals surface area contributed by atoms with Gasteiger partial charge in [0.2, 0.25) is 11.8 Å². The molecule has 1 aromatic carbocycles. The largest absolute Gasteiger partial charge is 0.391 e. The maximum atomic E-state index is 13.0. The average molecular weight is 449 g/mol. The molecule has 1 aliphatic rings. The molecule has 1 aliphatic carbocycles. The van der Waals surface area contributed by atoms with Gasteiger partial charge in [-0.1, -0.05) is 76.3 Å². The Morgan fingerprint density at radius 1 is 1.10 bits per heavy atom. The van der Waals surface area contributed by atoms with Crippen LogP contribution in [-0.4, -0.2) is 41.4 Å². The number of hydrogen-bond acceptors (Lipinski definition) is 4. The minimum atomic E-state index is -0.817. The number of amides is 2. The molecule has 0 saturated heterocycles. The number of thiol groups is 1. The first-order valence-electron chi connectivity index (χ1n) is 11.8. The van der Waals surface area contributed by atoms with E-state index in [1.54, 1.807) is 0 Å². The van der Waals surface area contributed by atoms with E-state index in [9.17, 15) is 14.7 Å². The molecule has 0 radical (unpaired) electrons. The SMILES string of the molecule is CC(C)CC(C(=O)N[C@@H](CC1CCCCC1)C(=O)NCCc1ccccc1)C(O)CS. The summed E-state index contributed by atoms with van der Waals surface area (Å²) in [5.74, 6) is 0.0248. The minimum Gasteiger partial charge on any atom is -0.391 e. The van der Waals surface area contributed by atoms with Crippen molar-refractivity contribution < 1.29 is 14.7 Å². The highest BCUT2D eigenvalue weighted by molar-refractivity contribution is 7.80. The maximum absolute atomic E-state index is 13.0. The van der Waals surface area contributed by atoms with Gasteiger partial charge < -0.3 is 15.7 Å². The van der Waals surface area contributed by atoms with Crippen LogP contribution in [-0.2, 0) is 16.0 Å². The highest BCUT2D eigenvalue weighted by Gasteiger charge is 2.31. The molecule has 1 aromatic rings. The fourth-order valence-electron chi connectivity index (χ4n) is 4.44. The first-order chi connectivity index (χ1) is 14.9. The number of aliphatic hydroxyl groups is 1. The summed E-state index contributed by atoms with van der Waals surface area (Å²) in [6.45, 7) is 4.59. The second-order valence-electron chi connectivity index (χ2n) is 9.31. The van der Waals surface area contributed by atoms with Crippen molar-refractivity contribution in [1.29, 1.82) is 0 Å². The van der Waals surface area contributed by atoms with Gasteiger partial charge in [0.25, 0.3) is 0 Å². The number of hydrogen-bond donors (Lipinski definition) is 4. The van der Waals surface area contributed by atoms with Crippen LogP contribution in [0.25, 0.3) is 0 Å². The van der Waals surface area contributed by atoms with Crippen LogP contribution in [0, 0.1) is 17.8 Å². The fraction of sp³-hybridized carbons (Fsp3) is 0.680. The molecule has 1 fully saturated rings. The van der Waals surface area contributed by atoms with Crippen molar-refractivity contribution in [2.45, 2.75) is 77.4 Å². The van der Waals surface area contributed by atoms with E-state index in [1.807, 2.05) is 44.2 Å². The van der Waals surface area contributed by atoms with Crippen LogP contribution in [0.2, 0.25) is 0 Å². The Bertz CT molecular complexity index is 662. The van der Waals surface area contributed by atoms with E-state index in [0.29, 0.717) is 25.3 Å². The van der Waals surface area contributed by atoms with Crippen molar-refractivity contribution in [3.8, 4) is 0 Å². The molecule has 0 heterocycles. The van der Waals surface area contributed by atoms with Crippen LogP contribution in [0.5, 0.6) is 0 Å². The monoisotopic (exact) mass is 448 g/mol. The Labute approximate surface area is 193 Å². The molecule has 5 nitrogen and oxygen atoms in total. The van der Waals surface area contributed by atoms with E-state index in [2.05, 4.69) is 23.3 Å². The van der Waals surface area contributed by atoms with Crippen molar-refractivity contribution in [1.82, 2.24) is 10.6 Å². The van der Waals surface area contributed by atoms with Gasteiger partial charge in [-0.15, -0.1) is 0 Å². The van der Waals surface area contributed by atoms with Gasteiger partial charge in [-0.2, -0.15) is 12.6 Å². The number of rotatable bonds is 12. The Kier molecular flexibility index (Phi) is 11.4. The normalized spacial score (nSPS) is 17.7. The van der Waals surface area contributed by atoms with Gasteiger partial charge in [-0.25, -0.2) is 0 Å². The van der Waals surface area contributed by atoms with Crippen molar-refractivity contribution in [3.05, 3.63) is 35.9 Å². The summed E-state index contributed by atoms with van der Waals surface area (Å²) in [6, 6.07) is 9.49. The second kappa shape index (κ2) is 13.8. The van der Waals surface area contributed by atoms with Crippen molar-refractivity contribution in [3.63, 3.8) is 0 Å². The zero-order valence-electron chi connectivity index (χ0n) is 19.1. The molecule has 31 heavy (non-hydrogen) atoms. The maximum Gasteiger partial charge on any atom is 0.242 e. The van der Waals surface area contributed by atoms with Gasteiger partial charge in [-0.3, -0.25) is 9.59 Å². The Balaban J connectivity index is 2.01. The lowest BCUT2D eigenvalue weighted by atomic mass is 9.84. The van der Waals surface area contributed by atoms with Crippen LogP contribution in [0.4, 0.5) is 0 Å². The molecule has 2 rings (SSSR count). The topological polar surface area (TPSA) is 78.4 Å². The van der Waals surface area contributed by atoms with Gasteiger partial charge in [0, 0.05) is 12.3 Å². The van der Waals surface area contributed by atoms with Gasteiger partial charge >= 0.3 is 0 Å². The number of carbonyl (C=O) groups is 2. The third-order valence-corrected chi connectivity index (χ3v) is 6.57. The van der Waals surface area contributed by atoms with E-state index in [4.69, 9.17) is 0 Å². The first kappa shape index (κ1) is 25.7. The molecule has 2 unspecified atom stereocenters. The van der Waals surface area contributed by atoms with Crippen LogP contribution in [0.3, 0.4) is 0 Å². The predicted octanol–water partition coefficient (Wildman–Crippen LogP) is 3.75. The highest BCUT2D eigenvalue weighted by atomic mass is 32.1. The quantitative estimate of drug-likeness (QED) is 0.368. The summed E-state index contributed by atoms with van der Waals surface area (Å²) in [4.78, 5) is 26.1. The molecule has 1 saturated carbocycles. The van der Waals surface area contributed by atoms with Gasteiger partial charge in [-0.05, 0) is 36.7 Å². The molecule has 0 spiro atoms. The molecule has 3 atom stereocenters. The molecule has 0 aliphatic heterocycles. The smallest absolute Gasteiger partial charge is 0.242 e. The van der Waals surface area contributed by atoms with Gasteiger partial charge in [0.1, 0.15) is 6.04 Å². The van der Waals surface area contributed by atoms with Crippen molar-refractivity contribution in [2.75, 3.05) is 12.3 Å². The molecule has 2 amide bonds. The minimum absolute atomic E-state index is 0.126. The zero-order valence-corrected chi connectivity index (χ0v) is 19.9. The lowest BCUT2D eigenvalue weighted by molar-refractivity contribution is -0.134. The summed E-state index contributed by atoms with van der Waals surface area (Å²) in [6.07, 6.45) is 7.02. The van der Waals surface area contributed by atoms with Crippen molar-refractivity contribution in [2.24, 2.45) is 17.8 Å². The van der Waals surface area contributed by atoms with Crippen LogP contribution in [0.1, 0.15) is 64.4 Å². The number of carbonyl (C=O) groups excluding carboxylic acids is 2. The van der Waals surface area contributed by atoms with E-state index >= 15 is 0 Å². The van der Waals surface area contributed by atoms with Crippen LogP contribution < -0.4 is 10.6 Å². The molecule has 0 bridgehead atoms. The summed E-state index contributed by atoms with van der Waals surface area (Å²) in [5, 5.41) is 16.3. The summed E-state index contributed by atoms with van der Waals surface area (Å²) in [7, 11) is 0. The molecular weight excluding hydrogens is 408 g/mol. The lowest BCUT2D eigenvalue weighted by Gasteiger charge is -2.29. The third-order valence-electron chi connectivity index (χ3n) is 6.20. The molecule has 0 aromatic heterocycles. The number of benzene rings is 1. The van der Waals surface area contributed by atoms with Crippen molar-refractivity contribution >= 4 is 24.4 Å². The lowest BCUT2D eigenvalue weighted by Crippen LogP contribution is -2.51. The fourth-order valence-corrected chi connectivity index (χ4v) is 4.69. The van der Waals surface area contributed by atoms with Crippen LogP contribution >= 0.6 is 12.6 Å². The third kappa shape index (κ3) is 9.24. The molecular formula is C25H40N2O3S. The van der Waals surface area contributed by atoms with Gasteiger partial charge in [0.15, 0.2) is 0 Å². The van der Waals surface area contributed by atoms with Gasteiger partial charge in [0.05, 0.1) is 12.0 Å². The van der Waals surface area contributed by atoms with E-state index in [1.165, 1.54) is 24.8 Å². The average Bonchev–Trinajstić information content (AvgIpc) is 2.77. The molecule has 3 N–H and O–H groups in total. The Morgan fingerprint density at radius 2 is 1.77 bits per heavy atom. The highest BCUT2D eigenvalue weighted by Crippen LogP contribution is 2.28. The zero-order chi connectivity index (χ0) is 22.6. The standard InChI is InChI=1S/C25H40N2O3S/c1-18(2)15-21(23(28)17-31)24(29)27-22(16-20-11-7-4-8-12-20)25(30)26-14-13-19-9-5-3-6-10-19/h3,5-6,9-10,18,20-23,28,31H,4,7-8,11-17H2,1-2H3,(H,26,30)(H,27,29)/t21?,22-,23?/m0/s1. The number of aliphatic hydroxyl groups excluding tert-OH is 1. The summed E-state index contributed by atoms with van der Waals surface area (Å²) >= 11 is 4.18.